The van der Waals surface area contributed by atoms with Gasteiger partial charge in [0.15, 0.2) is 0 Å². The van der Waals surface area contributed by atoms with Crippen molar-refractivity contribution in [2.45, 2.75) is 26.3 Å². The summed E-state index contributed by atoms with van der Waals surface area (Å²) in [6.45, 7) is 4.31. The maximum absolute atomic E-state index is 14.5. The van der Waals surface area contributed by atoms with Gasteiger partial charge in [0.1, 0.15) is 11.6 Å². The summed E-state index contributed by atoms with van der Waals surface area (Å²) >= 11 is 5.96. The van der Waals surface area contributed by atoms with Crippen molar-refractivity contribution in [3.8, 4) is 0 Å². The number of hydrogen-bond acceptors (Lipinski definition) is 2. The zero-order valence-electron chi connectivity index (χ0n) is 16.6. The molecule has 154 valence electrons. The van der Waals surface area contributed by atoms with Crippen LogP contribution in [0.4, 0.5) is 20.2 Å². The molecule has 0 bridgehead atoms. The van der Waals surface area contributed by atoms with Crippen LogP contribution in [0, 0.1) is 17.0 Å². The Morgan fingerprint density at radius 3 is 2.63 bits per heavy atom. The lowest BCUT2D eigenvalue weighted by Crippen LogP contribution is -2.35. The van der Waals surface area contributed by atoms with Crippen molar-refractivity contribution < 1.29 is 13.6 Å². The minimum absolute atomic E-state index is 0.0317. The fourth-order valence-corrected chi connectivity index (χ4v) is 4.23. The predicted molar refractivity (Wildman–Crippen MR) is 116 cm³/mol. The zero-order chi connectivity index (χ0) is 21.5. The highest BCUT2D eigenvalue weighted by Gasteiger charge is 2.36. The second-order valence-electron chi connectivity index (χ2n) is 8.22. The van der Waals surface area contributed by atoms with Crippen molar-refractivity contribution >= 4 is 28.9 Å². The Balaban J connectivity index is 1.64. The van der Waals surface area contributed by atoms with E-state index in [9.17, 15) is 13.6 Å². The zero-order valence-corrected chi connectivity index (χ0v) is 17.4. The lowest BCUT2D eigenvalue weighted by molar-refractivity contribution is 0.102. The Morgan fingerprint density at radius 2 is 1.87 bits per heavy atom. The molecule has 1 atom stereocenters. The summed E-state index contributed by atoms with van der Waals surface area (Å²) in [5.41, 5.74) is 3.14. The topological polar surface area (TPSA) is 41.1 Å². The minimum atomic E-state index is -0.600. The van der Waals surface area contributed by atoms with Gasteiger partial charge in [0.05, 0.1) is 22.3 Å². The lowest BCUT2D eigenvalue weighted by atomic mass is 9.73. The smallest absolute Gasteiger partial charge is 0.257 e. The average Bonchev–Trinajstić information content (AvgIpc) is 2.68. The third kappa shape index (κ3) is 3.90. The van der Waals surface area contributed by atoms with Crippen LogP contribution in [0.2, 0.25) is 5.02 Å². The van der Waals surface area contributed by atoms with Crippen LogP contribution in [0.25, 0.3) is 0 Å². The first kappa shape index (κ1) is 20.4. The van der Waals surface area contributed by atoms with Crippen molar-refractivity contribution in [1.82, 2.24) is 0 Å². The summed E-state index contributed by atoms with van der Waals surface area (Å²) in [7, 11) is 0. The second kappa shape index (κ2) is 7.73. The first-order valence-electron chi connectivity index (χ1n) is 9.65. The molecule has 0 radical (unpaired) electrons. The highest BCUT2D eigenvalue weighted by molar-refractivity contribution is 6.34. The molecule has 4 rings (SSSR count). The monoisotopic (exact) mass is 426 g/mol. The van der Waals surface area contributed by atoms with Crippen LogP contribution in [-0.2, 0) is 6.42 Å². The number of para-hydroxylation sites is 1. The number of carbonyl (C=O) groups excluding carboxylic acids is 1. The maximum Gasteiger partial charge on any atom is 0.257 e. The third-order valence-electron chi connectivity index (χ3n) is 5.49. The summed E-state index contributed by atoms with van der Waals surface area (Å²) in [6, 6.07) is 16.2. The van der Waals surface area contributed by atoms with Crippen LogP contribution in [0.3, 0.4) is 0 Å². The van der Waals surface area contributed by atoms with Crippen LogP contribution >= 0.6 is 11.6 Å². The molecule has 0 aliphatic carbocycles. The van der Waals surface area contributed by atoms with E-state index in [2.05, 4.69) is 30.5 Å². The van der Waals surface area contributed by atoms with Gasteiger partial charge in [0.25, 0.3) is 5.91 Å². The van der Waals surface area contributed by atoms with Crippen molar-refractivity contribution in [3.63, 3.8) is 0 Å². The number of fused-ring (bicyclic) bond motifs is 1. The van der Waals surface area contributed by atoms with Gasteiger partial charge in [-0.1, -0.05) is 49.7 Å². The first-order chi connectivity index (χ1) is 14.2. The van der Waals surface area contributed by atoms with Gasteiger partial charge in [-0.15, -0.1) is 0 Å². The summed E-state index contributed by atoms with van der Waals surface area (Å²) in [5.74, 6) is -1.70. The van der Waals surface area contributed by atoms with Crippen LogP contribution in [-0.4, -0.2) is 5.91 Å². The van der Waals surface area contributed by atoms with Gasteiger partial charge < -0.3 is 10.6 Å². The first-order valence-corrected chi connectivity index (χ1v) is 10.0. The van der Waals surface area contributed by atoms with E-state index in [-0.39, 0.29) is 27.7 Å². The summed E-state index contributed by atoms with van der Waals surface area (Å²) in [5, 5.41) is 6.09. The average molecular weight is 427 g/mol. The van der Waals surface area contributed by atoms with Crippen LogP contribution in [0.5, 0.6) is 0 Å². The van der Waals surface area contributed by atoms with Crippen LogP contribution in [0.1, 0.15) is 41.4 Å². The van der Waals surface area contributed by atoms with Gasteiger partial charge in [-0.25, -0.2) is 8.78 Å². The third-order valence-corrected chi connectivity index (χ3v) is 5.81. The van der Waals surface area contributed by atoms with E-state index in [1.54, 1.807) is 12.1 Å². The normalized spacial score (nSPS) is 17.0. The fourth-order valence-electron chi connectivity index (χ4n) is 3.98. The minimum Gasteiger partial charge on any atom is -0.377 e. The number of carbonyl (C=O) groups is 1. The standard InChI is InChI=1S/C24H21ClF2N2O/c1-24(2)13-15-5-3-4-6-20(15)28-22(24)14-7-10-19(27)21(11-14)29-23(30)17-9-8-16(26)12-18(17)25/h3-12,22,28H,13H2,1-2H3,(H,29,30). The SMILES string of the molecule is CC1(C)Cc2ccccc2NC1c1ccc(F)c(NC(=O)c2ccc(F)cc2Cl)c1. The van der Waals surface area contributed by atoms with Crippen molar-refractivity contribution in [1.29, 1.82) is 0 Å². The number of anilines is 2. The molecular weight excluding hydrogens is 406 g/mol. The van der Waals surface area contributed by atoms with Crippen molar-refractivity contribution in [2.24, 2.45) is 5.41 Å². The van der Waals surface area contributed by atoms with Gasteiger partial charge in [-0.2, -0.15) is 0 Å². The second-order valence-corrected chi connectivity index (χ2v) is 8.62. The highest BCUT2D eigenvalue weighted by atomic mass is 35.5. The number of amides is 1. The molecule has 1 aliphatic rings. The number of nitrogens with one attached hydrogen (secondary N) is 2. The lowest BCUT2D eigenvalue weighted by Gasteiger charge is -2.41. The number of hydrogen-bond donors (Lipinski definition) is 2. The van der Waals surface area contributed by atoms with Gasteiger partial charge in [-0.3, -0.25) is 4.79 Å². The molecule has 3 aromatic rings. The molecule has 1 aliphatic heterocycles. The quantitative estimate of drug-likeness (QED) is 0.495. The molecule has 0 saturated carbocycles. The Hall–Kier alpha value is -2.92. The van der Waals surface area contributed by atoms with Gasteiger partial charge in [0.2, 0.25) is 0 Å². The van der Waals surface area contributed by atoms with Gasteiger partial charge >= 0.3 is 0 Å². The van der Waals surface area contributed by atoms with Crippen LogP contribution in [0.15, 0.2) is 60.7 Å². The maximum atomic E-state index is 14.5. The molecule has 3 nitrogen and oxygen atoms in total. The molecule has 2 N–H and O–H groups in total. The number of benzene rings is 3. The van der Waals surface area contributed by atoms with E-state index in [0.29, 0.717) is 0 Å². The van der Waals surface area contributed by atoms with Gasteiger partial charge in [0, 0.05) is 5.69 Å². The Bertz CT molecular complexity index is 1130. The van der Waals surface area contributed by atoms with E-state index in [1.807, 2.05) is 18.2 Å². The predicted octanol–water partition coefficient (Wildman–Crippen LogP) is 6.61. The molecule has 1 heterocycles. The van der Waals surface area contributed by atoms with E-state index in [1.165, 1.54) is 17.7 Å². The molecular formula is C24H21ClF2N2O. The Morgan fingerprint density at radius 1 is 1.10 bits per heavy atom. The summed E-state index contributed by atoms with van der Waals surface area (Å²) in [6.07, 6.45) is 0.866. The fraction of sp³-hybridized carbons (Fsp3) is 0.208. The molecule has 30 heavy (non-hydrogen) atoms. The van der Waals surface area contributed by atoms with E-state index >= 15 is 0 Å². The van der Waals surface area contributed by atoms with Crippen LogP contribution < -0.4 is 10.6 Å². The largest absolute Gasteiger partial charge is 0.377 e. The van der Waals surface area contributed by atoms with E-state index in [4.69, 9.17) is 11.6 Å². The molecule has 3 aromatic carbocycles. The molecule has 0 saturated heterocycles. The van der Waals surface area contributed by atoms with E-state index < -0.39 is 17.5 Å². The molecule has 0 aromatic heterocycles. The van der Waals surface area contributed by atoms with Gasteiger partial charge in [-0.05, 0) is 59.4 Å². The molecule has 1 amide bonds. The molecule has 6 heteroatoms. The number of rotatable bonds is 3. The summed E-state index contributed by atoms with van der Waals surface area (Å²) in [4.78, 5) is 12.6. The molecule has 1 unspecified atom stereocenters. The Kier molecular flexibility index (Phi) is 5.24. The molecule has 0 spiro atoms. The highest BCUT2D eigenvalue weighted by Crippen LogP contribution is 2.45. The van der Waals surface area contributed by atoms with E-state index in [0.717, 1.165) is 29.8 Å². The van der Waals surface area contributed by atoms with Crippen molar-refractivity contribution in [2.75, 3.05) is 10.6 Å². The molecule has 0 fully saturated rings. The van der Waals surface area contributed by atoms with Crippen molar-refractivity contribution in [3.05, 3.63) is 94.0 Å². The summed E-state index contributed by atoms with van der Waals surface area (Å²) < 4.78 is 27.7. The number of halogens is 3. The Labute approximate surface area is 179 Å².